The third-order valence-electron chi connectivity index (χ3n) is 5.58. The summed E-state index contributed by atoms with van der Waals surface area (Å²) in [6, 6.07) is 12.5. The van der Waals surface area contributed by atoms with Gasteiger partial charge in [-0.25, -0.2) is 4.79 Å². The van der Waals surface area contributed by atoms with Crippen LogP contribution in [0, 0.1) is 5.41 Å². The molecule has 12 heteroatoms. The number of carboxylic acids is 2. The predicted octanol–water partition coefficient (Wildman–Crippen LogP) is 3.82. The van der Waals surface area contributed by atoms with E-state index in [1.807, 2.05) is 25.1 Å². The number of aliphatic carboxylic acids is 2. The van der Waals surface area contributed by atoms with E-state index in [-0.39, 0.29) is 24.2 Å². The van der Waals surface area contributed by atoms with Gasteiger partial charge in [0.1, 0.15) is 18.2 Å². The molecule has 2 aromatic carbocycles. The van der Waals surface area contributed by atoms with E-state index in [4.69, 9.17) is 25.8 Å². The van der Waals surface area contributed by atoms with Gasteiger partial charge in [-0.3, -0.25) is 15.0 Å². The van der Waals surface area contributed by atoms with Crippen molar-refractivity contribution in [3.05, 3.63) is 64.7 Å². The van der Waals surface area contributed by atoms with Crippen LogP contribution < -0.4 is 10.5 Å². The van der Waals surface area contributed by atoms with E-state index in [0.29, 0.717) is 42.9 Å². The number of amidine groups is 1. The van der Waals surface area contributed by atoms with Crippen LogP contribution in [-0.2, 0) is 22.6 Å². The molecule has 1 unspecified atom stereocenters. The Kier molecular flexibility index (Phi) is 10.0. The SMILES string of the molecule is CCCC(CC(=O)O)N1CCc2cc(OCc3ccc(C(=N)N)cc3)ccc2C1=O.O=C(O)C(F)(F)F. The van der Waals surface area contributed by atoms with Crippen LogP contribution in [0.15, 0.2) is 42.5 Å². The summed E-state index contributed by atoms with van der Waals surface area (Å²) in [7, 11) is 0. The number of nitrogen functional groups attached to an aromatic ring is 1. The summed E-state index contributed by atoms with van der Waals surface area (Å²) in [4.78, 5) is 34.8. The highest BCUT2D eigenvalue weighted by Crippen LogP contribution is 2.27. The quantitative estimate of drug-likeness (QED) is 0.288. The monoisotopic (exact) mass is 523 g/mol. The van der Waals surface area contributed by atoms with Gasteiger partial charge in [0.05, 0.1) is 6.42 Å². The van der Waals surface area contributed by atoms with Crippen molar-refractivity contribution in [2.45, 2.75) is 51.4 Å². The number of halogens is 3. The number of carbonyl (C=O) groups is 3. The molecule has 2 aromatic rings. The molecule has 0 spiro atoms. The molecule has 37 heavy (non-hydrogen) atoms. The summed E-state index contributed by atoms with van der Waals surface area (Å²) >= 11 is 0. The summed E-state index contributed by atoms with van der Waals surface area (Å²) in [5.74, 6) is -3.04. The zero-order valence-electron chi connectivity index (χ0n) is 20.0. The van der Waals surface area contributed by atoms with Gasteiger partial charge in [0.2, 0.25) is 0 Å². The fraction of sp³-hybridized carbons (Fsp3) is 0.360. The highest BCUT2D eigenvalue weighted by Gasteiger charge is 2.38. The molecule has 0 aromatic heterocycles. The van der Waals surface area contributed by atoms with E-state index >= 15 is 0 Å². The Morgan fingerprint density at radius 3 is 2.30 bits per heavy atom. The molecule has 1 heterocycles. The molecule has 1 atom stereocenters. The number of alkyl halides is 3. The number of fused-ring (bicyclic) bond motifs is 1. The fourth-order valence-corrected chi connectivity index (χ4v) is 3.77. The maximum atomic E-state index is 13.0. The van der Waals surface area contributed by atoms with Gasteiger partial charge >= 0.3 is 18.1 Å². The first-order valence-electron chi connectivity index (χ1n) is 11.3. The van der Waals surface area contributed by atoms with Crippen LogP contribution in [0.3, 0.4) is 0 Å². The first-order chi connectivity index (χ1) is 17.3. The number of nitrogens with one attached hydrogen (secondary N) is 1. The summed E-state index contributed by atoms with van der Waals surface area (Å²) in [6.07, 6.45) is -2.93. The van der Waals surface area contributed by atoms with E-state index in [1.54, 1.807) is 29.2 Å². The van der Waals surface area contributed by atoms with E-state index in [2.05, 4.69) is 0 Å². The lowest BCUT2D eigenvalue weighted by molar-refractivity contribution is -0.192. The highest BCUT2D eigenvalue weighted by atomic mass is 19.4. The number of hydrogen-bond donors (Lipinski definition) is 4. The van der Waals surface area contributed by atoms with Crippen LogP contribution in [0.1, 0.15) is 53.2 Å². The minimum Gasteiger partial charge on any atom is -0.489 e. The van der Waals surface area contributed by atoms with Gasteiger partial charge in [0, 0.05) is 23.7 Å². The van der Waals surface area contributed by atoms with Crippen LogP contribution >= 0.6 is 0 Å². The van der Waals surface area contributed by atoms with E-state index < -0.39 is 18.1 Å². The number of ether oxygens (including phenoxy) is 1. The molecular weight excluding hydrogens is 495 g/mol. The van der Waals surface area contributed by atoms with E-state index in [1.165, 1.54) is 0 Å². The van der Waals surface area contributed by atoms with Crippen LogP contribution in [0.2, 0.25) is 0 Å². The highest BCUT2D eigenvalue weighted by molar-refractivity contribution is 5.97. The Hall–Kier alpha value is -4.09. The number of rotatable bonds is 9. The Morgan fingerprint density at radius 1 is 1.16 bits per heavy atom. The molecule has 0 aliphatic carbocycles. The zero-order valence-corrected chi connectivity index (χ0v) is 20.0. The number of carbonyl (C=O) groups excluding carboxylic acids is 1. The molecule has 3 rings (SSSR count). The first-order valence-corrected chi connectivity index (χ1v) is 11.3. The van der Waals surface area contributed by atoms with Crippen molar-refractivity contribution in [3.63, 3.8) is 0 Å². The lowest BCUT2D eigenvalue weighted by Gasteiger charge is -2.35. The van der Waals surface area contributed by atoms with Gasteiger partial charge in [0.15, 0.2) is 0 Å². The second-order valence-corrected chi connectivity index (χ2v) is 8.31. The summed E-state index contributed by atoms with van der Waals surface area (Å²) < 4.78 is 37.6. The molecule has 0 saturated carbocycles. The first kappa shape index (κ1) is 29.1. The molecule has 0 saturated heterocycles. The van der Waals surface area contributed by atoms with E-state index in [9.17, 15) is 27.9 Å². The number of benzene rings is 2. The Labute approximate surface area is 211 Å². The molecule has 0 fully saturated rings. The van der Waals surface area contributed by atoms with Crippen LogP contribution in [0.5, 0.6) is 5.75 Å². The van der Waals surface area contributed by atoms with Gasteiger partial charge in [-0.15, -0.1) is 0 Å². The predicted molar refractivity (Wildman–Crippen MR) is 128 cm³/mol. The second-order valence-electron chi connectivity index (χ2n) is 8.31. The van der Waals surface area contributed by atoms with Crippen molar-refractivity contribution in [2.24, 2.45) is 5.73 Å². The average molecular weight is 524 g/mol. The van der Waals surface area contributed by atoms with Crippen molar-refractivity contribution in [3.8, 4) is 5.75 Å². The van der Waals surface area contributed by atoms with Crippen molar-refractivity contribution in [1.29, 1.82) is 5.41 Å². The van der Waals surface area contributed by atoms with Crippen LogP contribution in [0.25, 0.3) is 0 Å². The molecule has 0 radical (unpaired) electrons. The molecule has 5 N–H and O–H groups in total. The minimum atomic E-state index is -5.08. The summed E-state index contributed by atoms with van der Waals surface area (Å²) in [5, 5.41) is 23.7. The van der Waals surface area contributed by atoms with Crippen LogP contribution in [0.4, 0.5) is 13.2 Å². The normalized spacial score (nSPS) is 13.6. The third kappa shape index (κ3) is 8.51. The van der Waals surface area contributed by atoms with Crippen molar-refractivity contribution >= 4 is 23.7 Å². The Balaban J connectivity index is 0.000000604. The zero-order chi connectivity index (χ0) is 27.8. The largest absolute Gasteiger partial charge is 0.490 e. The number of hydrogen-bond acceptors (Lipinski definition) is 5. The summed E-state index contributed by atoms with van der Waals surface area (Å²) in [5.41, 5.74) is 8.63. The fourth-order valence-electron chi connectivity index (χ4n) is 3.77. The summed E-state index contributed by atoms with van der Waals surface area (Å²) in [6.45, 7) is 2.88. The number of amides is 1. The van der Waals surface area contributed by atoms with Gasteiger partial charge in [-0.05, 0) is 42.2 Å². The molecule has 1 aliphatic rings. The molecule has 9 nitrogen and oxygen atoms in total. The van der Waals surface area contributed by atoms with Gasteiger partial charge < -0.3 is 25.6 Å². The third-order valence-corrected chi connectivity index (χ3v) is 5.58. The molecule has 0 bridgehead atoms. The Morgan fingerprint density at radius 2 is 1.78 bits per heavy atom. The smallest absolute Gasteiger partial charge is 0.489 e. The van der Waals surface area contributed by atoms with Crippen LogP contribution in [-0.4, -0.2) is 57.6 Å². The van der Waals surface area contributed by atoms with Gasteiger partial charge in [0.25, 0.3) is 5.91 Å². The molecule has 1 aliphatic heterocycles. The maximum Gasteiger partial charge on any atom is 0.490 e. The lowest BCUT2D eigenvalue weighted by atomic mass is 9.95. The molecule has 1 amide bonds. The van der Waals surface area contributed by atoms with Gasteiger partial charge in [-0.1, -0.05) is 37.6 Å². The number of carboxylic acid groups (broad SMARTS) is 2. The Bertz CT molecular complexity index is 1140. The topological polar surface area (TPSA) is 154 Å². The maximum absolute atomic E-state index is 13.0. The van der Waals surface area contributed by atoms with E-state index in [0.717, 1.165) is 17.5 Å². The minimum absolute atomic E-state index is 0.0281. The molecule has 200 valence electrons. The standard InChI is InChI=1S/C23H27N3O4.C2HF3O2/c1-2-3-18(13-21(27)28)26-11-10-17-12-19(8-9-20(17)23(26)29)30-14-15-4-6-16(7-5-15)22(24)25;3-2(4,5)1(6)7/h4-9,12,18H,2-3,10-11,13-14H2,1H3,(H3,24,25)(H,27,28);(H,6,7). The van der Waals surface area contributed by atoms with Crippen molar-refractivity contribution < 1.29 is 42.5 Å². The van der Waals surface area contributed by atoms with Gasteiger partial charge in [-0.2, -0.15) is 13.2 Å². The second kappa shape index (κ2) is 12.7. The molecular formula is C25H28F3N3O6. The average Bonchev–Trinajstić information content (AvgIpc) is 2.82. The van der Waals surface area contributed by atoms with Crippen molar-refractivity contribution in [2.75, 3.05) is 6.54 Å². The lowest BCUT2D eigenvalue weighted by Crippen LogP contribution is -2.45. The number of nitrogens with two attached hydrogens (primary N) is 1. The number of nitrogens with zero attached hydrogens (tertiary/aromatic N) is 1. The van der Waals surface area contributed by atoms with Crippen molar-refractivity contribution in [1.82, 2.24) is 4.90 Å².